The summed E-state index contributed by atoms with van der Waals surface area (Å²) in [5.74, 6) is -3.32. The molecule has 1 aliphatic heterocycles. The third-order valence-electron chi connectivity index (χ3n) is 6.51. The largest absolute Gasteiger partial charge is 0.493 e. The Kier molecular flexibility index (Phi) is 7.31. The molecule has 0 aromatic heterocycles. The fraction of sp³-hybridized carbons (Fsp3) is 0.296. The van der Waals surface area contributed by atoms with Gasteiger partial charge in [-0.15, -0.1) is 0 Å². The van der Waals surface area contributed by atoms with Crippen LogP contribution >= 0.6 is 0 Å². The number of hydrogen-bond donors (Lipinski definition) is 1. The molecular weight excluding hydrogens is 457 g/mol. The fourth-order valence-electron chi connectivity index (χ4n) is 4.89. The molecule has 35 heavy (non-hydrogen) atoms. The monoisotopic (exact) mass is 484 g/mol. The van der Waals surface area contributed by atoms with Gasteiger partial charge in [-0.25, -0.2) is 13.2 Å². The Balaban J connectivity index is 1.77. The summed E-state index contributed by atoms with van der Waals surface area (Å²) in [5, 5.41) is 0. The molecule has 3 aromatic carbocycles. The van der Waals surface area contributed by atoms with Crippen LogP contribution in [0.2, 0.25) is 0 Å². The maximum Gasteiger partial charge on any atom is 0.239 e. The quantitative estimate of drug-likeness (QED) is 0.463. The van der Waals surface area contributed by atoms with E-state index in [1.165, 1.54) is 0 Å². The van der Waals surface area contributed by atoms with E-state index in [1.807, 2.05) is 47.4 Å². The first-order valence-corrected chi connectivity index (χ1v) is 11.3. The van der Waals surface area contributed by atoms with Gasteiger partial charge in [0, 0.05) is 12.6 Å². The summed E-state index contributed by atoms with van der Waals surface area (Å²) in [4.78, 5) is 14.7. The van der Waals surface area contributed by atoms with Gasteiger partial charge < -0.3 is 15.2 Å². The molecule has 5 nitrogen and oxygen atoms in total. The van der Waals surface area contributed by atoms with Crippen molar-refractivity contribution in [2.45, 2.75) is 31.3 Å². The number of ether oxygens (including phenoxy) is 2. The summed E-state index contributed by atoms with van der Waals surface area (Å²) in [6.07, 6.45) is 1.30. The Morgan fingerprint density at radius 2 is 1.66 bits per heavy atom. The zero-order valence-corrected chi connectivity index (χ0v) is 19.6. The highest BCUT2D eigenvalue weighted by Gasteiger charge is 2.36. The van der Waals surface area contributed by atoms with E-state index in [9.17, 15) is 18.0 Å². The molecule has 1 unspecified atom stereocenters. The Morgan fingerprint density at radius 3 is 2.26 bits per heavy atom. The molecule has 0 spiro atoms. The first-order valence-electron chi connectivity index (χ1n) is 11.3. The number of fused-ring (bicyclic) bond motifs is 1. The van der Waals surface area contributed by atoms with Crippen LogP contribution in [0.1, 0.15) is 40.8 Å². The molecular formula is C27H27F3N2O3. The van der Waals surface area contributed by atoms with Crippen molar-refractivity contribution in [2.75, 3.05) is 20.8 Å². The molecule has 3 aromatic rings. The number of carbonyl (C=O) groups is 1. The van der Waals surface area contributed by atoms with Gasteiger partial charge in [0.15, 0.2) is 29.0 Å². The Hall–Kier alpha value is -3.52. The van der Waals surface area contributed by atoms with E-state index in [4.69, 9.17) is 15.2 Å². The Morgan fingerprint density at radius 1 is 1.03 bits per heavy atom. The average Bonchev–Trinajstić information content (AvgIpc) is 2.86. The third-order valence-corrected chi connectivity index (χ3v) is 6.51. The summed E-state index contributed by atoms with van der Waals surface area (Å²) in [5.41, 5.74) is 8.90. The molecule has 0 aliphatic carbocycles. The first kappa shape index (κ1) is 24.6. The van der Waals surface area contributed by atoms with E-state index in [-0.39, 0.29) is 12.5 Å². The van der Waals surface area contributed by atoms with Crippen LogP contribution < -0.4 is 15.2 Å². The fourth-order valence-corrected chi connectivity index (χ4v) is 4.89. The smallest absolute Gasteiger partial charge is 0.239 e. The summed E-state index contributed by atoms with van der Waals surface area (Å²) in [6.45, 7) is 0.530. The predicted octanol–water partition coefficient (Wildman–Crippen LogP) is 4.88. The number of methoxy groups -OCH3 is 2. The second-order valence-corrected chi connectivity index (χ2v) is 8.54. The van der Waals surface area contributed by atoms with Gasteiger partial charge in [0.2, 0.25) is 5.91 Å². The number of nitrogens with two attached hydrogens (primary N) is 1. The number of amides is 1. The molecule has 1 amide bonds. The number of primary amides is 1. The number of rotatable bonds is 8. The van der Waals surface area contributed by atoms with Gasteiger partial charge in [-0.3, -0.25) is 9.69 Å². The lowest BCUT2D eigenvalue weighted by molar-refractivity contribution is -0.124. The molecule has 1 heterocycles. The molecule has 0 bridgehead atoms. The number of benzene rings is 3. The van der Waals surface area contributed by atoms with Gasteiger partial charge >= 0.3 is 0 Å². The van der Waals surface area contributed by atoms with Crippen molar-refractivity contribution in [1.29, 1.82) is 0 Å². The number of hydrogen-bond acceptors (Lipinski definition) is 4. The molecule has 0 saturated carbocycles. The van der Waals surface area contributed by atoms with Crippen LogP contribution in [0.5, 0.6) is 11.5 Å². The SMILES string of the molecule is COc1cc2c(cc1OC)[C@H](CCc1cc(F)c(F)c(F)c1)N(C(C(N)=O)c1ccccc1)CC2. The van der Waals surface area contributed by atoms with E-state index in [2.05, 4.69) is 0 Å². The molecule has 0 saturated heterocycles. The molecule has 0 fully saturated rings. The lowest BCUT2D eigenvalue weighted by Gasteiger charge is -2.41. The summed E-state index contributed by atoms with van der Waals surface area (Å²) >= 11 is 0. The Bertz CT molecular complexity index is 1200. The van der Waals surface area contributed by atoms with Crippen molar-refractivity contribution in [2.24, 2.45) is 5.73 Å². The average molecular weight is 485 g/mol. The third kappa shape index (κ3) is 4.98. The number of aryl methyl sites for hydroxylation is 1. The van der Waals surface area contributed by atoms with Gasteiger partial charge in [-0.1, -0.05) is 30.3 Å². The highest BCUT2D eigenvalue weighted by Crippen LogP contribution is 2.43. The van der Waals surface area contributed by atoms with Crippen LogP contribution in [-0.2, 0) is 17.6 Å². The second-order valence-electron chi connectivity index (χ2n) is 8.54. The molecule has 0 radical (unpaired) electrons. The van der Waals surface area contributed by atoms with E-state index < -0.39 is 29.4 Å². The zero-order chi connectivity index (χ0) is 25.1. The van der Waals surface area contributed by atoms with Crippen LogP contribution in [0, 0.1) is 17.5 Å². The maximum absolute atomic E-state index is 13.8. The lowest BCUT2D eigenvalue weighted by atomic mass is 9.86. The standard InChI is InChI=1S/C27H27F3N2O3/c1-34-23-14-18-10-11-32(26(27(31)33)17-6-4-3-5-7-17)22(19(18)15-24(23)35-2)9-8-16-12-20(28)25(30)21(29)13-16/h3-7,12-15,22,26H,8-11H2,1-2H3,(H2,31,33)/t22-,26?/m0/s1. The Labute approximate surface area is 202 Å². The maximum atomic E-state index is 13.8. The van der Waals surface area contributed by atoms with Crippen molar-refractivity contribution in [1.82, 2.24) is 4.90 Å². The highest BCUT2D eigenvalue weighted by molar-refractivity contribution is 5.81. The van der Waals surface area contributed by atoms with Crippen molar-refractivity contribution < 1.29 is 27.4 Å². The molecule has 184 valence electrons. The van der Waals surface area contributed by atoms with Crippen LogP contribution in [0.15, 0.2) is 54.6 Å². The minimum atomic E-state index is -1.49. The van der Waals surface area contributed by atoms with Gasteiger partial charge in [-0.05, 0) is 65.8 Å². The second kappa shape index (κ2) is 10.4. The van der Waals surface area contributed by atoms with Gasteiger partial charge in [-0.2, -0.15) is 0 Å². The van der Waals surface area contributed by atoms with E-state index >= 15 is 0 Å². The predicted molar refractivity (Wildman–Crippen MR) is 126 cm³/mol. The summed E-state index contributed by atoms with van der Waals surface area (Å²) in [7, 11) is 3.10. The van der Waals surface area contributed by atoms with Crippen molar-refractivity contribution in [3.05, 3.63) is 94.3 Å². The molecule has 4 rings (SSSR count). The zero-order valence-electron chi connectivity index (χ0n) is 19.6. The van der Waals surface area contributed by atoms with E-state index in [0.717, 1.165) is 28.8 Å². The van der Waals surface area contributed by atoms with Gasteiger partial charge in [0.1, 0.15) is 6.04 Å². The van der Waals surface area contributed by atoms with Crippen LogP contribution in [0.25, 0.3) is 0 Å². The normalized spacial score (nSPS) is 16.4. The number of halogens is 3. The van der Waals surface area contributed by atoms with Gasteiger partial charge in [0.25, 0.3) is 0 Å². The number of nitrogens with zero attached hydrogens (tertiary/aromatic N) is 1. The molecule has 2 atom stereocenters. The minimum Gasteiger partial charge on any atom is -0.493 e. The molecule has 1 aliphatic rings. The van der Waals surface area contributed by atoms with Crippen molar-refractivity contribution in [3.63, 3.8) is 0 Å². The topological polar surface area (TPSA) is 64.8 Å². The summed E-state index contributed by atoms with van der Waals surface area (Å²) in [6, 6.07) is 14.0. The number of carbonyl (C=O) groups excluding carboxylic acids is 1. The van der Waals surface area contributed by atoms with Crippen LogP contribution in [-0.4, -0.2) is 31.6 Å². The van der Waals surface area contributed by atoms with E-state index in [0.29, 0.717) is 36.4 Å². The van der Waals surface area contributed by atoms with Crippen LogP contribution in [0.4, 0.5) is 13.2 Å². The van der Waals surface area contributed by atoms with Crippen molar-refractivity contribution >= 4 is 5.91 Å². The van der Waals surface area contributed by atoms with E-state index in [1.54, 1.807) is 14.2 Å². The molecule has 2 N–H and O–H groups in total. The minimum absolute atomic E-state index is 0.253. The van der Waals surface area contributed by atoms with Gasteiger partial charge in [0.05, 0.1) is 14.2 Å². The first-order chi connectivity index (χ1) is 16.8. The summed E-state index contributed by atoms with van der Waals surface area (Å²) < 4.78 is 52.1. The molecule has 8 heteroatoms. The lowest BCUT2D eigenvalue weighted by Crippen LogP contribution is -2.44. The van der Waals surface area contributed by atoms with Crippen LogP contribution in [0.3, 0.4) is 0 Å². The highest BCUT2D eigenvalue weighted by atomic mass is 19.2. The van der Waals surface area contributed by atoms with Crippen molar-refractivity contribution in [3.8, 4) is 11.5 Å².